The van der Waals surface area contributed by atoms with E-state index in [0.717, 1.165) is 30.4 Å². The number of benzene rings is 1. The van der Waals surface area contributed by atoms with Crippen molar-refractivity contribution >= 4 is 21.8 Å². The minimum Gasteiger partial charge on any atom is -0.409 e. The number of nitrogens with two attached hydrogens (primary N) is 1. The van der Waals surface area contributed by atoms with Gasteiger partial charge in [-0.05, 0) is 37.1 Å². The quantitative estimate of drug-likeness (QED) is 0.237. The molecule has 0 unspecified atom stereocenters. The molecule has 106 valence electrons. The summed E-state index contributed by atoms with van der Waals surface area (Å²) in [5.74, 6) is 0.292. The van der Waals surface area contributed by atoms with Crippen LogP contribution < -0.4 is 11.1 Å². The summed E-state index contributed by atoms with van der Waals surface area (Å²) < 4.78 is 1.09. The van der Waals surface area contributed by atoms with Gasteiger partial charge < -0.3 is 16.3 Å². The molecule has 0 aliphatic carbocycles. The van der Waals surface area contributed by atoms with Gasteiger partial charge in [-0.3, -0.25) is 0 Å². The highest BCUT2D eigenvalue weighted by Gasteiger charge is 2.22. The van der Waals surface area contributed by atoms with E-state index in [1.54, 1.807) is 0 Å². The highest BCUT2D eigenvalue weighted by atomic mass is 79.9. The van der Waals surface area contributed by atoms with Crippen molar-refractivity contribution in [3.8, 4) is 0 Å². The highest BCUT2D eigenvalue weighted by molar-refractivity contribution is 9.10. The molecular formula is C14H22BrN3O. The smallest absolute Gasteiger partial charge is 0.144 e. The predicted octanol–water partition coefficient (Wildman–Crippen LogP) is 3.09. The lowest BCUT2D eigenvalue weighted by atomic mass is 9.86. The van der Waals surface area contributed by atoms with Gasteiger partial charge in [0.25, 0.3) is 0 Å². The first-order valence-electron chi connectivity index (χ1n) is 6.39. The number of oxime groups is 1. The van der Waals surface area contributed by atoms with Crippen LogP contribution in [0.4, 0.5) is 0 Å². The summed E-state index contributed by atoms with van der Waals surface area (Å²) in [6.45, 7) is 5.74. The van der Waals surface area contributed by atoms with E-state index in [9.17, 15) is 0 Å². The van der Waals surface area contributed by atoms with Crippen molar-refractivity contribution in [2.24, 2.45) is 16.3 Å². The van der Waals surface area contributed by atoms with Crippen molar-refractivity contribution in [2.45, 2.75) is 33.2 Å². The van der Waals surface area contributed by atoms with Crippen LogP contribution in [0.5, 0.6) is 0 Å². The Morgan fingerprint density at radius 2 is 2.00 bits per heavy atom. The Labute approximate surface area is 123 Å². The fourth-order valence-corrected chi connectivity index (χ4v) is 2.02. The molecule has 0 atom stereocenters. The summed E-state index contributed by atoms with van der Waals surface area (Å²) in [6.07, 6.45) is 1.87. The number of amidine groups is 1. The van der Waals surface area contributed by atoms with Crippen molar-refractivity contribution in [3.63, 3.8) is 0 Å². The van der Waals surface area contributed by atoms with Crippen LogP contribution in [0, 0.1) is 5.41 Å². The summed E-state index contributed by atoms with van der Waals surface area (Å²) in [7, 11) is 0. The minimum absolute atomic E-state index is 0.256. The molecular weight excluding hydrogens is 306 g/mol. The van der Waals surface area contributed by atoms with Gasteiger partial charge in [0.05, 0.1) is 0 Å². The fraction of sp³-hybridized carbons (Fsp3) is 0.500. The Morgan fingerprint density at radius 1 is 1.37 bits per heavy atom. The van der Waals surface area contributed by atoms with Crippen LogP contribution in [0.15, 0.2) is 33.9 Å². The molecule has 1 rings (SSSR count). The standard InChI is InChI=1S/C14H22BrN3O/c1-14(2,13(16)18-19)8-3-9-17-10-11-4-6-12(15)7-5-11/h4-7,17,19H,3,8-10H2,1-2H3,(H2,16,18). The van der Waals surface area contributed by atoms with Crippen molar-refractivity contribution in [2.75, 3.05) is 6.54 Å². The number of nitrogens with one attached hydrogen (secondary N) is 1. The number of halogens is 1. The molecule has 0 spiro atoms. The van der Waals surface area contributed by atoms with Gasteiger partial charge in [-0.25, -0.2) is 0 Å². The highest BCUT2D eigenvalue weighted by Crippen LogP contribution is 2.21. The molecule has 4 N–H and O–H groups in total. The van der Waals surface area contributed by atoms with Crippen molar-refractivity contribution in [3.05, 3.63) is 34.3 Å². The van der Waals surface area contributed by atoms with Crippen LogP contribution in [-0.2, 0) is 6.54 Å². The van der Waals surface area contributed by atoms with Crippen LogP contribution in [-0.4, -0.2) is 17.6 Å². The van der Waals surface area contributed by atoms with E-state index in [4.69, 9.17) is 10.9 Å². The van der Waals surface area contributed by atoms with Gasteiger partial charge >= 0.3 is 0 Å². The number of nitrogens with zero attached hydrogens (tertiary/aromatic N) is 1. The van der Waals surface area contributed by atoms with E-state index < -0.39 is 0 Å². The summed E-state index contributed by atoms with van der Waals surface area (Å²) >= 11 is 3.42. The van der Waals surface area contributed by atoms with E-state index in [0.29, 0.717) is 5.84 Å². The number of hydrogen-bond acceptors (Lipinski definition) is 3. The van der Waals surface area contributed by atoms with Gasteiger partial charge in [-0.1, -0.05) is 47.1 Å². The van der Waals surface area contributed by atoms with E-state index >= 15 is 0 Å². The molecule has 0 aliphatic rings. The first-order chi connectivity index (χ1) is 8.95. The van der Waals surface area contributed by atoms with Crippen LogP contribution in [0.2, 0.25) is 0 Å². The first-order valence-corrected chi connectivity index (χ1v) is 7.18. The molecule has 1 aromatic rings. The Balaban J connectivity index is 2.23. The molecule has 0 radical (unpaired) electrons. The predicted molar refractivity (Wildman–Crippen MR) is 82.3 cm³/mol. The molecule has 0 saturated carbocycles. The molecule has 5 heteroatoms. The van der Waals surface area contributed by atoms with Crippen molar-refractivity contribution in [1.29, 1.82) is 0 Å². The SMILES string of the molecule is CC(C)(CCCNCc1ccc(Br)cc1)C(N)=NO. The Hall–Kier alpha value is -1.07. The van der Waals surface area contributed by atoms with E-state index in [1.165, 1.54) is 5.56 Å². The summed E-state index contributed by atoms with van der Waals surface area (Å²) in [5, 5.41) is 15.2. The maximum atomic E-state index is 8.69. The molecule has 0 saturated heterocycles. The lowest BCUT2D eigenvalue weighted by molar-refractivity contribution is 0.304. The average Bonchev–Trinajstić information content (AvgIpc) is 2.39. The molecule has 0 bridgehead atoms. The van der Waals surface area contributed by atoms with Crippen LogP contribution >= 0.6 is 15.9 Å². The van der Waals surface area contributed by atoms with E-state index in [1.807, 2.05) is 26.0 Å². The van der Waals surface area contributed by atoms with Gasteiger partial charge in [0, 0.05) is 16.4 Å². The summed E-state index contributed by atoms with van der Waals surface area (Å²) in [6, 6.07) is 8.27. The molecule has 19 heavy (non-hydrogen) atoms. The third kappa shape index (κ3) is 5.61. The van der Waals surface area contributed by atoms with E-state index in [-0.39, 0.29) is 5.41 Å². The maximum Gasteiger partial charge on any atom is 0.144 e. The third-order valence-corrected chi connectivity index (χ3v) is 3.73. The van der Waals surface area contributed by atoms with Gasteiger partial charge in [-0.15, -0.1) is 0 Å². The summed E-state index contributed by atoms with van der Waals surface area (Å²) in [5.41, 5.74) is 6.65. The zero-order valence-electron chi connectivity index (χ0n) is 11.5. The normalized spacial score (nSPS) is 12.7. The van der Waals surface area contributed by atoms with Crippen LogP contribution in [0.1, 0.15) is 32.3 Å². The zero-order chi connectivity index (χ0) is 14.3. The second kappa shape index (κ2) is 7.50. The van der Waals surface area contributed by atoms with Gasteiger partial charge in [0.15, 0.2) is 0 Å². The topological polar surface area (TPSA) is 70.6 Å². The minimum atomic E-state index is -0.256. The Bertz CT molecular complexity index is 415. The van der Waals surface area contributed by atoms with Crippen LogP contribution in [0.25, 0.3) is 0 Å². The second-order valence-electron chi connectivity index (χ2n) is 5.28. The second-order valence-corrected chi connectivity index (χ2v) is 6.19. The third-order valence-electron chi connectivity index (χ3n) is 3.20. The molecule has 1 aromatic carbocycles. The zero-order valence-corrected chi connectivity index (χ0v) is 13.1. The van der Waals surface area contributed by atoms with Gasteiger partial charge in [0.1, 0.15) is 5.84 Å². The van der Waals surface area contributed by atoms with Gasteiger partial charge in [-0.2, -0.15) is 0 Å². The number of hydrogen-bond donors (Lipinski definition) is 3. The molecule has 0 aliphatic heterocycles. The monoisotopic (exact) mass is 327 g/mol. The van der Waals surface area contributed by atoms with Gasteiger partial charge in [0.2, 0.25) is 0 Å². The molecule has 0 amide bonds. The van der Waals surface area contributed by atoms with Crippen LogP contribution in [0.3, 0.4) is 0 Å². The lowest BCUT2D eigenvalue weighted by Gasteiger charge is -2.22. The van der Waals surface area contributed by atoms with Crippen molar-refractivity contribution < 1.29 is 5.21 Å². The fourth-order valence-electron chi connectivity index (χ4n) is 1.75. The molecule has 0 aromatic heterocycles. The Morgan fingerprint density at radius 3 is 2.58 bits per heavy atom. The summed E-state index contributed by atoms with van der Waals surface area (Å²) in [4.78, 5) is 0. The first kappa shape index (κ1) is 16.0. The lowest BCUT2D eigenvalue weighted by Crippen LogP contribution is -2.32. The average molecular weight is 328 g/mol. The molecule has 0 heterocycles. The maximum absolute atomic E-state index is 8.69. The Kier molecular flexibility index (Phi) is 6.31. The molecule has 4 nitrogen and oxygen atoms in total. The number of rotatable bonds is 7. The van der Waals surface area contributed by atoms with Crippen molar-refractivity contribution in [1.82, 2.24) is 5.32 Å². The largest absolute Gasteiger partial charge is 0.409 e. The van der Waals surface area contributed by atoms with E-state index in [2.05, 4.69) is 38.5 Å². The molecule has 0 fully saturated rings.